The van der Waals surface area contributed by atoms with Gasteiger partial charge >= 0.3 is 0 Å². The van der Waals surface area contributed by atoms with Gasteiger partial charge in [-0.2, -0.15) is 9.64 Å². The Kier molecular flexibility index (Phi) is 4.87. The number of nitriles is 1. The predicted molar refractivity (Wildman–Crippen MR) is 77.6 cm³/mol. The van der Waals surface area contributed by atoms with Crippen LogP contribution in [0.25, 0.3) is 0 Å². The van der Waals surface area contributed by atoms with E-state index in [1.54, 1.807) is 0 Å². The quantitative estimate of drug-likeness (QED) is 0.807. The molecule has 0 saturated carbocycles. The van der Waals surface area contributed by atoms with Crippen LogP contribution in [0.4, 0.5) is 10.8 Å². The highest BCUT2D eigenvalue weighted by Crippen LogP contribution is 2.27. The summed E-state index contributed by atoms with van der Waals surface area (Å²) in [6.45, 7) is 2.76. The van der Waals surface area contributed by atoms with Crippen LogP contribution in [-0.4, -0.2) is 15.9 Å². The van der Waals surface area contributed by atoms with Crippen molar-refractivity contribution in [2.45, 2.75) is 26.2 Å². The molecule has 1 aromatic heterocycles. The lowest BCUT2D eigenvalue weighted by Gasteiger charge is -2.19. The minimum Gasteiger partial charge on any atom is -0.316 e. The maximum atomic E-state index is 8.79. The summed E-state index contributed by atoms with van der Waals surface area (Å²) < 4.78 is 4.37. The fourth-order valence-corrected chi connectivity index (χ4v) is 2.55. The topological polar surface area (TPSA) is 52.8 Å². The molecule has 0 spiro atoms. The van der Waals surface area contributed by atoms with Gasteiger partial charge in [0.2, 0.25) is 5.13 Å². The number of anilines is 2. The van der Waals surface area contributed by atoms with Gasteiger partial charge in [-0.25, -0.2) is 4.98 Å². The SMILES string of the molecule is CCCc1nsc(N(CCC#N)c2ccccc2)n1. The van der Waals surface area contributed by atoms with Gasteiger partial charge in [-0.15, -0.1) is 0 Å². The third kappa shape index (κ3) is 3.52. The highest BCUT2D eigenvalue weighted by atomic mass is 32.1. The van der Waals surface area contributed by atoms with Crippen molar-refractivity contribution in [2.24, 2.45) is 0 Å². The molecular weight excluding hydrogens is 256 g/mol. The van der Waals surface area contributed by atoms with Crippen LogP contribution in [0, 0.1) is 11.3 Å². The highest BCUT2D eigenvalue weighted by molar-refractivity contribution is 7.09. The molecule has 98 valence electrons. The van der Waals surface area contributed by atoms with E-state index in [0.717, 1.165) is 29.5 Å². The molecule has 0 aliphatic rings. The Morgan fingerprint density at radius 2 is 2.11 bits per heavy atom. The maximum absolute atomic E-state index is 8.79. The van der Waals surface area contributed by atoms with E-state index < -0.39 is 0 Å². The van der Waals surface area contributed by atoms with Crippen LogP contribution in [0.1, 0.15) is 25.6 Å². The standard InChI is InChI=1S/C14H16N4S/c1-2-7-13-16-14(19-17-13)18(11-6-10-15)12-8-4-3-5-9-12/h3-5,8-9H,2,6-7,11H2,1H3. The Bertz CT molecular complexity index is 544. The van der Waals surface area contributed by atoms with Crippen LogP contribution >= 0.6 is 11.5 Å². The summed E-state index contributed by atoms with van der Waals surface area (Å²) in [5, 5.41) is 9.65. The smallest absolute Gasteiger partial charge is 0.209 e. The molecule has 4 nitrogen and oxygen atoms in total. The fraction of sp³-hybridized carbons (Fsp3) is 0.357. The lowest BCUT2D eigenvalue weighted by Crippen LogP contribution is -2.17. The van der Waals surface area contributed by atoms with Crippen molar-refractivity contribution in [1.82, 2.24) is 9.36 Å². The Labute approximate surface area is 117 Å². The minimum absolute atomic E-state index is 0.470. The first-order valence-electron chi connectivity index (χ1n) is 6.37. The lowest BCUT2D eigenvalue weighted by atomic mass is 10.3. The van der Waals surface area contributed by atoms with Crippen molar-refractivity contribution in [3.63, 3.8) is 0 Å². The zero-order valence-corrected chi connectivity index (χ0v) is 11.7. The van der Waals surface area contributed by atoms with Gasteiger partial charge in [0.05, 0.1) is 12.5 Å². The summed E-state index contributed by atoms with van der Waals surface area (Å²) in [6.07, 6.45) is 2.41. The number of aromatic nitrogens is 2. The van der Waals surface area contributed by atoms with Gasteiger partial charge in [-0.1, -0.05) is 25.1 Å². The second kappa shape index (κ2) is 6.86. The zero-order valence-electron chi connectivity index (χ0n) is 10.9. The number of nitrogens with zero attached hydrogens (tertiary/aromatic N) is 4. The largest absolute Gasteiger partial charge is 0.316 e. The minimum atomic E-state index is 0.470. The molecule has 1 heterocycles. The molecule has 1 aromatic carbocycles. The van der Waals surface area contributed by atoms with E-state index in [0.29, 0.717) is 13.0 Å². The van der Waals surface area contributed by atoms with Crippen LogP contribution in [0.2, 0.25) is 0 Å². The van der Waals surface area contributed by atoms with Gasteiger partial charge in [0, 0.05) is 30.2 Å². The van der Waals surface area contributed by atoms with Crippen molar-refractivity contribution in [3.8, 4) is 6.07 Å². The molecule has 0 aliphatic carbocycles. The second-order valence-electron chi connectivity index (χ2n) is 4.14. The average Bonchev–Trinajstić information content (AvgIpc) is 2.89. The number of hydrogen-bond donors (Lipinski definition) is 0. The first-order chi connectivity index (χ1) is 9.35. The zero-order chi connectivity index (χ0) is 13.5. The Hall–Kier alpha value is -1.93. The summed E-state index contributed by atoms with van der Waals surface area (Å²) in [7, 11) is 0. The third-order valence-corrected chi connectivity index (χ3v) is 3.45. The number of rotatable bonds is 6. The molecule has 0 bridgehead atoms. The number of hydrogen-bond acceptors (Lipinski definition) is 5. The summed E-state index contributed by atoms with van der Waals surface area (Å²) in [5.74, 6) is 0.889. The van der Waals surface area contributed by atoms with Crippen LogP contribution < -0.4 is 4.90 Å². The molecule has 0 unspecified atom stereocenters. The van der Waals surface area contributed by atoms with E-state index in [2.05, 4.69) is 27.3 Å². The van der Waals surface area contributed by atoms with Gasteiger partial charge in [-0.05, 0) is 18.6 Å². The van der Waals surface area contributed by atoms with E-state index in [4.69, 9.17) is 5.26 Å². The fourth-order valence-electron chi connectivity index (χ4n) is 1.78. The summed E-state index contributed by atoms with van der Waals surface area (Å²) in [4.78, 5) is 6.61. The van der Waals surface area contributed by atoms with Crippen molar-refractivity contribution >= 4 is 22.4 Å². The van der Waals surface area contributed by atoms with Crippen molar-refractivity contribution in [3.05, 3.63) is 36.2 Å². The Morgan fingerprint density at radius 1 is 1.32 bits per heavy atom. The van der Waals surface area contributed by atoms with E-state index in [1.165, 1.54) is 11.5 Å². The molecule has 0 saturated heterocycles. The molecule has 0 atom stereocenters. The molecule has 0 aliphatic heterocycles. The van der Waals surface area contributed by atoms with Crippen LogP contribution in [0.15, 0.2) is 30.3 Å². The number of aryl methyl sites for hydroxylation is 1. The van der Waals surface area contributed by atoms with Crippen molar-refractivity contribution in [1.29, 1.82) is 5.26 Å². The van der Waals surface area contributed by atoms with Crippen LogP contribution in [-0.2, 0) is 6.42 Å². The molecule has 2 rings (SSSR count). The van der Waals surface area contributed by atoms with Gasteiger partial charge < -0.3 is 4.90 Å². The van der Waals surface area contributed by atoms with Crippen LogP contribution in [0.5, 0.6) is 0 Å². The first kappa shape index (κ1) is 13.5. The highest BCUT2D eigenvalue weighted by Gasteiger charge is 2.13. The van der Waals surface area contributed by atoms with Crippen molar-refractivity contribution in [2.75, 3.05) is 11.4 Å². The third-order valence-electron chi connectivity index (χ3n) is 2.68. The van der Waals surface area contributed by atoms with Crippen molar-refractivity contribution < 1.29 is 0 Å². The van der Waals surface area contributed by atoms with E-state index in [-0.39, 0.29) is 0 Å². The normalized spacial score (nSPS) is 10.1. The Balaban J connectivity index is 2.24. The molecule has 0 amide bonds. The van der Waals surface area contributed by atoms with E-state index in [9.17, 15) is 0 Å². The van der Waals surface area contributed by atoms with Crippen LogP contribution in [0.3, 0.4) is 0 Å². The molecule has 0 radical (unpaired) electrons. The molecule has 19 heavy (non-hydrogen) atoms. The Morgan fingerprint density at radius 3 is 2.79 bits per heavy atom. The lowest BCUT2D eigenvalue weighted by molar-refractivity contribution is 0.853. The van der Waals surface area contributed by atoms with Gasteiger partial charge in [-0.3, -0.25) is 0 Å². The molecule has 0 N–H and O–H groups in total. The summed E-state index contributed by atoms with van der Waals surface area (Å²) >= 11 is 1.40. The van der Waals surface area contributed by atoms with E-state index in [1.807, 2.05) is 30.3 Å². The molecular formula is C14H16N4S. The summed E-state index contributed by atoms with van der Waals surface area (Å²) in [5.41, 5.74) is 1.05. The monoisotopic (exact) mass is 272 g/mol. The maximum Gasteiger partial charge on any atom is 0.209 e. The first-order valence-corrected chi connectivity index (χ1v) is 7.14. The van der Waals surface area contributed by atoms with Gasteiger partial charge in [0.15, 0.2) is 0 Å². The van der Waals surface area contributed by atoms with Gasteiger partial charge in [0.25, 0.3) is 0 Å². The number of benzene rings is 1. The van der Waals surface area contributed by atoms with E-state index >= 15 is 0 Å². The number of para-hydroxylation sites is 1. The average molecular weight is 272 g/mol. The predicted octanol–water partition coefficient (Wildman–Crippen LogP) is 3.54. The molecule has 0 fully saturated rings. The summed E-state index contributed by atoms with van der Waals surface area (Å²) in [6, 6.07) is 12.2. The second-order valence-corrected chi connectivity index (χ2v) is 4.87. The molecule has 2 aromatic rings. The molecule has 5 heteroatoms. The van der Waals surface area contributed by atoms with Gasteiger partial charge in [0.1, 0.15) is 5.82 Å².